The van der Waals surface area contributed by atoms with Crippen LogP contribution in [-0.2, 0) is 19.1 Å². The summed E-state index contributed by atoms with van der Waals surface area (Å²) in [5.74, 6) is -1.16. The van der Waals surface area contributed by atoms with Gasteiger partial charge < -0.3 is 9.47 Å². The summed E-state index contributed by atoms with van der Waals surface area (Å²) >= 11 is 0. The van der Waals surface area contributed by atoms with E-state index in [9.17, 15) is 9.59 Å². The van der Waals surface area contributed by atoms with Gasteiger partial charge in [-0.3, -0.25) is 9.59 Å². The lowest BCUT2D eigenvalue weighted by molar-refractivity contribution is -0.178. The minimum atomic E-state index is -1.10. The Bertz CT molecular complexity index is 410. The van der Waals surface area contributed by atoms with Crippen molar-refractivity contribution >= 4 is 11.9 Å². The van der Waals surface area contributed by atoms with Crippen LogP contribution in [0, 0.1) is 23.7 Å². The Balaban J connectivity index is 6.16. The molecule has 24 heavy (non-hydrogen) atoms. The first kappa shape index (κ1) is 22.5. The van der Waals surface area contributed by atoms with Gasteiger partial charge in [0.25, 0.3) is 0 Å². The van der Waals surface area contributed by atoms with Crippen molar-refractivity contribution in [2.24, 2.45) is 33.9 Å². The molecule has 0 saturated heterocycles. The van der Waals surface area contributed by atoms with Gasteiger partial charge in [-0.05, 0) is 0 Å². The van der Waals surface area contributed by atoms with E-state index in [1.165, 1.54) is 13.8 Å². The second kappa shape index (κ2) is 8.58. The fourth-order valence-corrected chi connectivity index (χ4v) is 2.92. The molecule has 0 rings (SSSR count). The highest BCUT2D eigenvalue weighted by Gasteiger charge is 2.45. The Morgan fingerprint density at radius 3 is 0.958 bits per heavy atom. The van der Waals surface area contributed by atoms with Crippen molar-refractivity contribution in [1.82, 2.24) is 0 Å². The zero-order valence-corrected chi connectivity index (χ0v) is 16.8. The third-order valence-corrected chi connectivity index (χ3v) is 4.29. The van der Waals surface area contributed by atoms with Crippen molar-refractivity contribution in [3.63, 3.8) is 0 Å². The molecule has 6 nitrogen and oxygen atoms in total. The Kier molecular flexibility index (Phi) is 8.06. The Morgan fingerprint density at radius 1 is 0.625 bits per heavy atom. The molecule has 0 aromatic rings. The molecule has 0 aromatic heterocycles. The van der Waals surface area contributed by atoms with Crippen LogP contribution in [0.1, 0.15) is 69.2 Å². The Labute approximate surface area is 146 Å². The van der Waals surface area contributed by atoms with E-state index in [0.29, 0.717) is 0 Å². The molecule has 0 aromatic carbocycles. The van der Waals surface area contributed by atoms with Gasteiger partial charge in [-0.25, -0.2) is 0 Å². The molecular weight excluding hydrogens is 308 g/mol. The molecule has 0 bridgehead atoms. The van der Waals surface area contributed by atoms with E-state index in [1.807, 2.05) is 55.4 Å². The molecule has 0 N–H and O–H groups in total. The van der Waals surface area contributed by atoms with E-state index in [-0.39, 0.29) is 23.7 Å². The van der Waals surface area contributed by atoms with Crippen LogP contribution >= 0.6 is 0 Å². The predicted molar refractivity (Wildman–Crippen MR) is 93.2 cm³/mol. The monoisotopic (exact) mass is 342 g/mol. The van der Waals surface area contributed by atoms with Gasteiger partial charge >= 0.3 is 11.9 Å². The normalized spacial score (nSPS) is 13.4. The smallest absolute Gasteiger partial charge is 0.304 e. The molecular formula is C18H34N2O4. The molecule has 0 spiro atoms. The maximum absolute atomic E-state index is 11.6. The number of nitrogens with zero attached hydrogens (tertiary/aromatic N) is 2. The second-order valence-corrected chi connectivity index (χ2v) is 7.51. The summed E-state index contributed by atoms with van der Waals surface area (Å²) in [7, 11) is 0. The summed E-state index contributed by atoms with van der Waals surface area (Å²) in [6.45, 7) is 18.2. The zero-order chi connectivity index (χ0) is 19.3. The standard InChI is InChI=1S/C18H34N2O4/c1-11(2)17(12(3)4,23-15(9)21)19-20-18(13(5)6,14(7)8)24-16(10)22/h11-14H,1-10H3/b20-19+. The summed E-state index contributed by atoms with van der Waals surface area (Å²) < 4.78 is 11.2. The van der Waals surface area contributed by atoms with Gasteiger partial charge in [0.1, 0.15) is 0 Å². The molecule has 6 heteroatoms. The molecule has 0 aliphatic carbocycles. The van der Waals surface area contributed by atoms with Crippen LogP contribution in [0.5, 0.6) is 0 Å². The fourth-order valence-electron chi connectivity index (χ4n) is 2.92. The number of carbonyl (C=O) groups excluding carboxylic acids is 2. The van der Waals surface area contributed by atoms with Gasteiger partial charge in [0.2, 0.25) is 11.4 Å². The number of hydrogen-bond donors (Lipinski definition) is 0. The summed E-state index contributed by atoms with van der Waals surface area (Å²) in [5.41, 5.74) is -2.19. The van der Waals surface area contributed by atoms with Crippen molar-refractivity contribution in [3.05, 3.63) is 0 Å². The molecule has 0 aliphatic rings. The molecule has 140 valence electrons. The molecule has 0 atom stereocenters. The van der Waals surface area contributed by atoms with Crippen molar-refractivity contribution < 1.29 is 19.1 Å². The van der Waals surface area contributed by atoms with Gasteiger partial charge in [0.05, 0.1) is 0 Å². The number of carbonyl (C=O) groups is 2. The van der Waals surface area contributed by atoms with Gasteiger partial charge in [-0.2, -0.15) is 0 Å². The molecule has 0 unspecified atom stereocenters. The lowest BCUT2D eigenvalue weighted by Gasteiger charge is -2.39. The number of rotatable bonds is 8. The largest absolute Gasteiger partial charge is 0.435 e. The first-order valence-electron chi connectivity index (χ1n) is 8.65. The third-order valence-electron chi connectivity index (χ3n) is 4.29. The van der Waals surface area contributed by atoms with Crippen molar-refractivity contribution in [2.75, 3.05) is 0 Å². The number of azo groups is 1. The summed E-state index contributed by atoms with van der Waals surface area (Å²) in [5, 5.41) is 8.93. The highest BCUT2D eigenvalue weighted by atomic mass is 16.6. The quantitative estimate of drug-likeness (QED) is 0.478. The molecule has 0 saturated carbocycles. The third kappa shape index (κ3) is 5.02. The van der Waals surface area contributed by atoms with E-state index in [0.717, 1.165) is 0 Å². The zero-order valence-electron chi connectivity index (χ0n) is 16.8. The number of esters is 2. The summed E-state index contributed by atoms with van der Waals surface area (Å²) in [6.07, 6.45) is 0. The van der Waals surface area contributed by atoms with E-state index in [4.69, 9.17) is 9.47 Å². The van der Waals surface area contributed by atoms with Gasteiger partial charge in [0, 0.05) is 37.5 Å². The van der Waals surface area contributed by atoms with E-state index >= 15 is 0 Å². The van der Waals surface area contributed by atoms with Gasteiger partial charge in [-0.15, -0.1) is 10.2 Å². The highest BCUT2D eigenvalue weighted by molar-refractivity contribution is 5.67. The van der Waals surface area contributed by atoms with E-state index in [1.54, 1.807) is 0 Å². The second-order valence-electron chi connectivity index (χ2n) is 7.51. The summed E-state index contributed by atoms with van der Waals surface area (Å²) in [6, 6.07) is 0. The number of ether oxygens (including phenoxy) is 2. The molecule has 0 fully saturated rings. The fraction of sp³-hybridized carbons (Fsp3) is 0.889. The average molecular weight is 342 g/mol. The predicted octanol–water partition coefficient (Wildman–Crippen LogP) is 4.58. The number of hydrogen-bond acceptors (Lipinski definition) is 6. The van der Waals surface area contributed by atoms with Crippen LogP contribution in [0.4, 0.5) is 0 Å². The van der Waals surface area contributed by atoms with Crippen LogP contribution in [0.15, 0.2) is 10.2 Å². The maximum atomic E-state index is 11.6. The van der Waals surface area contributed by atoms with E-state index in [2.05, 4.69) is 10.2 Å². The minimum Gasteiger partial charge on any atom is -0.435 e. The summed E-state index contributed by atoms with van der Waals surface area (Å²) in [4.78, 5) is 23.3. The van der Waals surface area contributed by atoms with Crippen LogP contribution in [0.25, 0.3) is 0 Å². The maximum Gasteiger partial charge on any atom is 0.304 e. The Hall–Kier alpha value is -1.46. The molecule has 0 aliphatic heterocycles. The van der Waals surface area contributed by atoms with Gasteiger partial charge in [-0.1, -0.05) is 55.4 Å². The average Bonchev–Trinajstić information content (AvgIpc) is 2.39. The van der Waals surface area contributed by atoms with E-state index < -0.39 is 23.4 Å². The van der Waals surface area contributed by atoms with Crippen LogP contribution in [0.3, 0.4) is 0 Å². The van der Waals surface area contributed by atoms with Crippen molar-refractivity contribution in [2.45, 2.75) is 80.7 Å². The molecule has 0 radical (unpaired) electrons. The van der Waals surface area contributed by atoms with Crippen LogP contribution in [0.2, 0.25) is 0 Å². The first-order valence-corrected chi connectivity index (χ1v) is 8.65. The lowest BCUT2D eigenvalue weighted by Crippen LogP contribution is -2.46. The Morgan fingerprint density at radius 2 is 0.833 bits per heavy atom. The van der Waals surface area contributed by atoms with Crippen LogP contribution < -0.4 is 0 Å². The highest BCUT2D eigenvalue weighted by Crippen LogP contribution is 2.38. The van der Waals surface area contributed by atoms with Gasteiger partial charge in [0.15, 0.2) is 0 Å². The molecule has 0 heterocycles. The van der Waals surface area contributed by atoms with Crippen molar-refractivity contribution in [1.29, 1.82) is 0 Å². The first-order chi connectivity index (χ1) is 10.8. The SMILES string of the molecule is CC(=O)OC(/N=N/C(OC(C)=O)(C(C)C)C(C)C)(C(C)C)C(C)C. The van der Waals surface area contributed by atoms with Crippen molar-refractivity contribution in [3.8, 4) is 0 Å². The topological polar surface area (TPSA) is 77.3 Å². The lowest BCUT2D eigenvalue weighted by atomic mass is 9.87. The van der Waals surface area contributed by atoms with Crippen LogP contribution in [-0.4, -0.2) is 23.4 Å². The minimum absolute atomic E-state index is 0.0838. The molecule has 0 amide bonds.